The molecule has 7 atom stereocenters. The normalized spacial score (nSPS) is 53.9. The first kappa shape index (κ1) is 18.1. The van der Waals surface area contributed by atoms with Gasteiger partial charge in [0, 0.05) is 24.2 Å². The van der Waals surface area contributed by atoms with Crippen molar-refractivity contribution in [1.82, 2.24) is 0 Å². The van der Waals surface area contributed by atoms with Crippen LogP contribution in [0.5, 0.6) is 0 Å². The van der Waals surface area contributed by atoms with Crippen LogP contribution >= 0.6 is 0 Å². The predicted molar refractivity (Wildman–Crippen MR) is 92.4 cm³/mol. The van der Waals surface area contributed by atoms with Gasteiger partial charge in [0.25, 0.3) is 0 Å². The van der Waals surface area contributed by atoms with E-state index in [1.54, 1.807) is 6.08 Å². The third kappa shape index (κ3) is 2.12. The number of ether oxygens (including phenoxy) is 1. The summed E-state index contributed by atoms with van der Waals surface area (Å²) in [5.41, 5.74) is -2.23. The second-order valence-electron chi connectivity index (χ2n) is 9.45. The number of Topliss-reactive ketones (excluding diaryl/α,β-unsaturated/α-hetero) is 1. The molecule has 0 radical (unpaired) electrons. The highest BCUT2D eigenvalue weighted by Crippen LogP contribution is 2.64. The Bertz CT molecular complexity index is 570. The summed E-state index contributed by atoms with van der Waals surface area (Å²) >= 11 is 0. The topological polar surface area (TPSA) is 66.8 Å². The van der Waals surface area contributed by atoms with Crippen molar-refractivity contribution in [3.63, 3.8) is 0 Å². The van der Waals surface area contributed by atoms with Gasteiger partial charge in [0.1, 0.15) is 5.60 Å². The van der Waals surface area contributed by atoms with E-state index < -0.39 is 34.2 Å². The van der Waals surface area contributed by atoms with Gasteiger partial charge in [-0.2, -0.15) is 0 Å². The lowest BCUT2D eigenvalue weighted by atomic mass is 9.42. The smallest absolute Gasteiger partial charge is 0.165 e. The Morgan fingerprint density at radius 2 is 1.75 bits per heavy atom. The Labute approximate surface area is 145 Å². The van der Waals surface area contributed by atoms with E-state index in [2.05, 4.69) is 13.5 Å². The molecule has 3 fully saturated rings. The molecule has 3 aliphatic rings. The predicted octanol–water partition coefficient (Wildman–Crippen LogP) is 2.86. The van der Waals surface area contributed by atoms with Gasteiger partial charge in [0.05, 0.1) is 17.8 Å². The maximum atomic E-state index is 13.1. The van der Waals surface area contributed by atoms with Crippen molar-refractivity contribution in [2.75, 3.05) is 0 Å². The molecule has 4 nitrogen and oxygen atoms in total. The van der Waals surface area contributed by atoms with Crippen LogP contribution in [0.15, 0.2) is 12.7 Å². The number of ketones is 1. The van der Waals surface area contributed by atoms with Gasteiger partial charge in [-0.25, -0.2) is 0 Å². The Morgan fingerprint density at radius 3 is 2.33 bits per heavy atom. The van der Waals surface area contributed by atoms with Crippen LogP contribution in [0, 0.1) is 22.7 Å². The number of fused-ring (bicyclic) bond motifs is 3. The Morgan fingerprint density at radius 1 is 1.12 bits per heavy atom. The summed E-state index contributed by atoms with van der Waals surface area (Å²) in [5.74, 6) is -0.00538. The molecule has 0 aromatic carbocycles. The maximum Gasteiger partial charge on any atom is 0.165 e. The summed E-state index contributed by atoms with van der Waals surface area (Å²) in [6, 6.07) is 0. The molecule has 0 spiro atoms. The van der Waals surface area contributed by atoms with Crippen molar-refractivity contribution in [2.45, 2.75) is 83.7 Å². The highest BCUT2D eigenvalue weighted by atomic mass is 16.5. The number of rotatable bonds is 1. The van der Waals surface area contributed by atoms with Crippen molar-refractivity contribution in [1.29, 1.82) is 0 Å². The molecule has 24 heavy (non-hydrogen) atoms. The van der Waals surface area contributed by atoms with E-state index in [9.17, 15) is 15.0 Å². The number of aliphatic hydroxyl groups is 2. The Balaban J connectivity index is 2.09. The van der Waals surface area contributed by atoms with Gasteiger partial charge in [-0.05, 0) is 38.0 Å². The van der Waals surface area contributed by atoms with Crippen molar-refractivity contribution in [3.8, 4) is 0 Å². The van der Waals surface area contributed by atoms with E-state index in [0.29, 0.717) is 12.8 Å². The van der Waals surface area contributed by atoms with Crippen molar-refractivity contribution in [2.24, 2.45) is 22.7 Å². The number of hydrogen-bond acceptors (Lipinski definition) is 4. The average molecular weight is 336 g/mol. The minimum atomic E-state index is -0.897. The van der Waals surface area contributed by atoms with Crippen molar-refractivity contribution >= 4 is 5.78 Å². The molecule has 2 N–H and O–H groups in total. The van der Waals surface area contributed by atoms with Crippen LogP contribution in [0.3, 0.4) is 0 Å². The van der Waals surface area contributed by atoms with E-state index in [1.165, 1.54) is 0 Å². The standard InChI is InChI=1S/C20H32O4/c1-7-18(4)9-8-12-19(5)13(10-16(23)20(12,6)24-18)17(2,3)14(21)11-15(19)22/h7,12-15,21-22H,1,8-11H2,2-6H3/t12-,13+,14-,15+,18+,19-,20+/m0/s1. The average Bonchev–Trinajstić information content (AvgIpc) is 2.49. The fraction of sp³-hybridized carbons (Fsp3) is 0.850. The van der Waals surface area contributed by atoms with Crippen molar-refractivity contribution in [3.05, 3.63) is 12.7 Å². The summed E-state index contributed by atoms with van der Waals surface area (Å²) < 4.78 is 6.34. The zero-order valence-electron chi connectivity index (χ0n) is 15.6. The molecule has 1 aliphatic heterocycles. The minimum absolute atomic E-state index is 0.0500. The summed E-state index contributed by atoms with van der Waals surface area (Å²) in [6.07, 6.45) is 2.90. The van der Waals surface area contributed by atoms with Gasteiger partial charge in [0.15, 0.2) is 5.78 Å². The molecule has 2 aliphatic carbocycles. The van der Waals surface area contributed by atoms with Crippen LogP contribution in [0.2, 0.25) is 0 Å². The second-order valence-corrected chi connectivity index (χ2v) is 9.45. The largest absolute Gasteiger partial charge is 0.392 e. The molecule has 0 bridgehead atoms. The monoisotopic (exact) mass is 336 g/mol. The fourth-order valence-electron chi connectivity index (χ4n) is 5.99. The molecule has 0 aromatic rings. The molecule has 2 saturated carbocycles. The number of carbonyl (C=O) groups is 1. The first-order valence-electron chi connectivity index (χ1n) is 9.15. The van der Waals surface area contributed by atoms with Crippen LogP contribution in [0.25, 0.3) is 0 Å². The third-order valence-electron chi connectivity index (χ3n) is 7.84. The van der Waals surface area contributed by atoms with Crippen LogP contribution in [-0.4, -0.2) is 39.4 Å². The quantitative estimate of drug-likeness (QED) is 0.723. The third-order valence-corrected chi connectivity index (χ3v) is 7.84. The lowest BCUT2D eigenvalue weighted by Gasteiger charge is -2.66. The van der Waals surface area contributed by atoms with Crippen molar-refractivity contribution < 1.29 is 19.7 Å². The summed E-state index contributed by atoms with van der Waals surface area (Å²) in [5, 5.41) is 21.5. The lowest BCUT2D eigenvalue weighted by Crippen LogP contribution is -2.71. The molecule has 136 valence electrons. The highest BCUT2D eigenvalue weighted by molar-refractivity contribution is 5.89. The molecule has 0 amide bonds. The van der Waals surface area contributed by atoms with E-state index in [-0.39, 0.29) is 17.6 Å². The van der Waals surface area contributed by atoms with Gasteiger partial charge in [-0.15, -0.1) is 6.58 Å². The van der Waals surface area contributed by atoms with Gasteiger partial charge < -0.3 is 14.9 Å². The summed E-state index contributed by atoms with van der Waals surface area (Å²) in [6.45, 7) is 13.9. The SMILES string of the molecule is C=C[C@]1(C)CC[C@H]2[C@]3(C)[C@H](O)C[C@H](O)C(C)(C)[C@H]3CC(=O)[C@]2(C)O1. The van der Waals surface area contributed by atoms with Gasteiger partial charge in [-0.1, -0.05) is 26.8 Å². The number of hydrogen-bond donors (Lipinski definition) is 2. The fourth-order valence-corrected chi connectivity index (χ4v) is 5.99. The van der Waals surface area contributed by atoms with E-state index in [0.717, 1.165) is 12.8 Å². The molecule has 4 heteroatoms. The molecular weight excluding hydrogens is 304 g/mol. The van der Waals surface area contributed by atoms with E-state index >= 15 is 0 Å². The van der Waals surface area contributed by atoms with Gasteiger partial charge >= 0.3 is 0 Å². The summed E-state index contributed by atoms with van der Waals surface area (Å²) in [4.78, 5) is 13.1. The first-order valence-corrected chi connectivity index (χ1v) is 9.15. The van der Waals surface area contributed by atoms with Gasteiger partial charge in [0.2, 0.25) is 0 Å². The minimum Gasteiger partial charge on any atom is -0.392 e. The zero-order valence-corrected chi connectivity index (χ0v) is 15.6. The van der Waals surface area contributed by atoms with Gasteiger partial charge in [-0.3, -0.25) is 4.79 Å². The first-order chi connectivity index (χ1) is 10.9. The highest BCUT2D eigenvalue weighted by Gasteiger charge is 2.68. The molecule has 3 rings (SSSR count). The molecule has 1 heterocycles. The number of aliphatic hydroxyl groups excluding tert-OH is 2. The molecule has 0 unspecified atom stereocenters. The Hall–Kier alpha value is -0.710. The zero-order chi connectivity index (χ0) is 18.1. The van der Waals surface area contributed by atoms with E-state index in [1.807, 2.05) is 27.7 Å². The maximum absolute atomic E-state index is 13.1. The molecular formula is C20H32O4. The van der Waals surface area contributed by atoms with Crippen LogP contribution in [-0.2, 0) is 9.53 Å². The molecule has 1 saturated heterocycles. The van der Waals surface area contributed by atoms with Crippen LogP contribution in [0.1, 0.15) is 60.3 Å². The second kappa shape index (κ2) is 5.15. The molecule has 0 aromatic heterocycles. The van der Waals surface area contributed by atoms with Crippen LogP contribution < -0.4 is 0 Å². The Kier molecular flexibility index (Phi) is 3.88. The summed E-state index contributed by atoms with van der Waals surface area (Å²) in [7, 11) is 0. The number of carbonyl (C=O) groups excluding carboxylic acids is 1. The van der Waals surface area contributed by atoms with E-state index in [4.69, 9.17) is 4.74 Å². The lowest BCUT2D eigenvalue weighted by molar-refractivity contribution is -0.269. The van der Waals surface area contributed by atoms with Crippen LogP contribution in [0.4, 0.5) is 0 Å².